The lowest BCUT2D eigenvalue weighted by Crippen LogP contribution is -1.56. The third-order valence-corrected chi connectivity index (χ3v) is 1.72. The van der Waals surface area contributed by atoms with E-state index in [0.717, 1.165) is 4.88 Å². The lowest BCUT2D eigenvalue weighted by Gasteiger charge is -1.68. The number of rotatable bonds is 0. The maximum absolute atomic E-state index is 5.52. The maximum Gasteiger partial charge on any atom is 0.184 e. The van der Waals surface area contributed by atoms with E-state index in [-0.39, 0.29) is 0 Å². The van der Waals surface area contributed by atoms with Gasteiger partial charge in [-0.1, -0.05) is 34.8 Å². The molecule has 0 amide bonds. The van der Waals surface area contributed by atoms with Crippen LogP contribution in [0, 0.1) is 18.8 Å². The van der Waals surface area contributed by atoms with Gasteiger partial charge in [-0.2, -0.15) is 0 Å². The van der Waals surface area contributed by atoms with Gasteiger partial charge in [-0.3, -0.25) is 0 Å². The molecule has 0 aliphatic heterocycles. The molecule has 0 saturated heterocycles. The van der Waals surface area contributed by atoms with Gasteiger partial charge in [-0.05, 0) is 0 Å². The molecule has 0 spiro atoms. The standard InChI is InChI=1S/C6H3ClNS/c1-2-3-5-4-8-6(7)9-5/h4H,1H2. The molecule has 1 nitrogen and oxygen atoms in total. The normalized spacial score (nSPS) is 8.22. The van der Waals surface area contributed by atoms with Crippen LogP contribution in [-0.4, -0.2) is 4.98 Å². The molecule has 0 aliphatic carbocycles. The molecular formula is C6H3ClNS. The van der Waals surface area contributed by atoms with Crippen molar-refractivity contribution in [1.82, 2.24) is 4.98 Å². The summed E-state index contributed by atoms with van der Waals surface area (Å²) in [5.41, 5.74) is 0. The van der Waals surface area contributed by atoms with Gasteiger partial charge in [-0.15, -0.1) is 0 Å². The molecule has 0 N–H and O–H groups in total. The first-order valence-corrected chi connectivity index (χ1v) is 3.42. The molecule has 0 saturated carbocycles. The Hall–Kier alpha value is -0.520. The molecule has 3 heteroatoms. The van der Waals surface area contributed by atoms with Crippen molar-refractivity contribution in [3.8, 4) is 11.8 Å². The van der Waals surface area contributed by atoms with E-state index >= 15 is 0 Å². The summed E-state index contributed by atoms with van der Waals surface area (Å²) < 4.78 is 0.521. The smallest absolute Gasteiger partial charge is 0.184 e. The van der Waals surface area contributed by atoms with Gasteiger partial charge in [0.25, 0.3) is 0 Å². The number of hydrogen-bond donors (Lipinski definition) is 0. The van der Waals surface area contributed by atoms with E-state index in [1.165, 1.54) is 11.3 Å². The molecule has 45 valence electrons. The van der Waals surface area contributed by atoms with Gasteiger partial charge in [0.1, 0.15) is 0 Å². The number of hydrogen-bond acceptors (Lipinski definition) is 2. The van der Waals surface area contributed by atoms with Gasteiger partial charge in [0.15, 0.2) is 4.47 Å². The third-order valence-electron chi connectivity index (χ3n) is 0.689. The molecule has 1 heterocycles. The van der Waals surface area contributed by atoms with E-state index in [9.17, 15) is 0 Å². The zero-order valence-electron chi connectivity index (χ0n) is 4.52. The maximum atomic E-state index is 5.52. The van der Waals surface area contributed by atoms with E-state index in [4.69, 9.17) is 11.6 Å². The number of thiazole rings is 1. The fourth-order valence-corrected chi connectivity index (χ4v) is 1.21. The van der Waals surface area contributed by atoms with Crippen LogP contribution in [0.4, 0.5) is 0 Å². The number of nitrogens with zero attached hydrogens (tertiary/aromatic N) is 1. The average molecular weight is 157 g/mol. The Bertz CT molecular complexity index is 256. The lowest BCUT2D eigenvalue weighted by atomic mass is 10.5. The Morgan fingerprint density at radius 2 is 2.56 bits per heavy atom. The number of aromatic nitrogens is 1. The fraction of sp³-hybridized carbons (Fsp3) is 0. The largest absolute Gasteiger partial charge is 0.232 e. The summed E-state index contributed by atoms with van der Waals surface area (Å²) in [5.74, 6) is 5.25. The summed E-state index contributed by atoms with van der Waals surface area (Å²) in [6.45, 7) is 3.36. The van der Waals surface area contributed by atoms with Gasteiger partial charge >= 0.3 is 0 Å². The van der Waals surface area contributed by atoms with Crippen molar-refractivity contribution in [2.24, 2.45) is 0 Å². The molecule has 1 radical (unpaired) electrons. The molecule has 0 unspecified atom stereocenters. The first-order valence-electron chi connectivity index (χ1n) is 2.22. The molecule has 1 aromatic rings. The van der Waals surface area contributed by atoms with Crippen LogP contribution in [0.15, 0.2) is 6.20 Å². The van der Waals surface area contributed by atoms with Crippen molar-refractivity contribution in [2.75, 3.05) is 0 Å². The van der Waals surface area contributed by atoms with Crippen molar-refractivity contribution in [3.05, 3.63) is 22.5 Å². The van der Waals surface area contributed by atoms with E-state index in [1.807, 2.05) is 0 Å². The minimum atomic E-state index is 0.521. The average Bonchev–Trinajstić information content (AvgIpc) is 2.17. The quantitative estimate of drug-likeness (QED) is 0.524. The molecule has 0 bridgehead atoms. The molecule has 0 aliphatic rings. The summed E-state index contributed by atoms with van der Waals surface area (Å²) in [5, 5.41) is 0. The van der Waals surface area contributed by atoms with Crippen LogP contribution in [0.5, 0.6) is 0 Å². The summed E-state index contributed by atoms with van der Waals surface area (Å²) in [6.07, 6.45) is 1.63. The van der Waals surface area contributed by atoms with Crippen molar-refractivity contribution < 1.29 is 0 Å². The zero-order valence-corrected chi connectivity index (χ0v) is 6.09. The minimum absolute atomic E-state index is 0.521. The van der Waals surface area contributed by atoms with Crippen LogP contribution >= 0.6 is 22.9 Å². The van der Waals surface area contributed by atoms with E-state index in [2.05, 4.69) is 23.7 Å². The van der Waals surface area contributed by atoms with Gasteiger partial charge in [0, 0.05) is 6.92 Å². The molecule has 0 atom stereocenters. The van der Waals surface area contributed by atoms with Crippen molar-refractivity contribution in [1.29, 1.82) is 0 Å². The van der Waals surface area contributed by atoms with E-state index < -0.39 is 0 Å². The highest BCUT2D eigenvalue weighted by molar-refractivity contribution is 7.16. The van der Waals surface area contributed by atoms with Gasteiger partial charge in [0.2, 0.25) is 0 Å². The topological polar surface area (TPSA) is 12.9 Å². The lowest BCUT2D eigenvalue weighted by molar-refractivity contribution is 1.42. The van der Waals surface area contributed by atoms with Crippen LogP contribution in [0.25, 0.3) is 0 Å². The van der Waals surface area contributed by atoms with Crippen molar-refractivity contribution in [3.63, 3.8) is 0 Å². The summed E-state index contributed by atoms with van der Waals surface area (Å²) in [7, 11) is 0. The molecule has 0 fully saturated rings. The summed E-state index contributed by atoms with van der Waals surface area (Å²) in [6, 6.07) is 0. The highest BCUT2D eigenvalue weighted by Gasteiger charge is 1.92. The van der Waals surface area contributed by atoms with Gasteiger partial charge in [-0.25, -0.2) is 4.98 Å². The summed E-state index contributed by atoms with van der Waals surface area (Å²) in [4.78, 5) is 4.65. The molecule has 9 heavy (non-hydrogen) atoms. The number of halogens is 1. The van der Waals surface area contributed by atoms with Gasteiger partial charge < -0.3 is 0 Å². The second-order valence-electron chi connectivity index (χ2n) is 1.28. The zero-order chi connectivity index (χ0) is 6.69. The monoisotopic (exact) mass is 156 g/mol. The van der Waals surface area contributed by atoms with E-state index in [1.54, 1.807) is 6.20 Å². The van der Waals surface area contributed by atoms with Crippen LogP contribution < -0.4 is 0 Å². The summed E-state index contributed by atoms with van der Waals surface area (Å²) >= 11 is 6.87. The molecular weight excluding hydrogens is 154 g/mol. The Labute approximate surface area is 62.7 Å². The second-order valence-corrected chi connectivity index (χ2v) is 2.89. The fourth-order valence-electron chi connectivity index (χ4n) is 0.398. The Kier molecular flexibility index (Phi) is 2.10. The Balaban J connectivity index is 2.93. The van der Waals surface area contributed by atoms with Crippen LogP contribution in [-0.2, 0) is 0 Å². The van der Waals surface area contributed by atoms with Crippen LogP contribution in [0.1, 0.15) is 4.88 Å². The molecule has 0 aromatic carbocycles. The first-order chi connectivity index (χ1) is 4.33. The predicted octanol–water partition coefficient (Wildman–Crippen LogP) is 1.98. The highest BCUT2D eigenvalue weighted by Crippen LogP contribution is 2.15. The molecule has 1 rings (SSSR count). The molecule has 1 aromatic heterocycles. The third kappa shape index (κ3) is 1.70. The van der Waals surface area contributed by atoms with Gasteiger partial charge in [0.05, 0.1) is 11.1 Å². The second kappa shape index (κ2) is 2.86. The van der Waals surface area contributed by atoms with Crippen LogP contribution in [0.3, 0.4) is 0 Å². The first kappa shape index (κ1) is 6.60. The Morgan fingerprint density at radius 1 is 1.78 bits per heavy atom. The Morgan fingerprint density at radius 3 is 3.00 bits per heavy atom. The minimum Gasteiger partial charge on any atom is -0.232 e. The van der Waals surface area contributed by atoms with E-state index in [0.29, 0.717) is 4.47 Å². The van der Waals surface area contributed by atoms with Crippen molar-refractivity contribution in [2.45, 2.75) is 0 Å². The van der Waals surface area contributed by atoms with Crippen molar-refractivity contribution >= 4 is 22.9 Å². The predicted molar refractivity (Wildman–Crippen MR) is 39.4 cm³/mol. The SMILES string of the molecule is [CH2]C#Cc1cnc(Cl)s1. The highest BCUT2D eigenvalue weighted by atomic mass is 35.5. The van der Waals surface area contributed by atoms with Crippen LogP contribution in [0.2, 0.25) is 4.47 Å².